The van der Waals surface area contributed by atoms with Crippen molar-refractivity contribution in [2.75, 3.05) is 31.6 Å². The van der Waals surface area contributed by atoms with Crippen LogP contribution in [0.4, 0.5) is 10.5 Å². The van der Waals surface area contributed by atoms with E-state index >= 15 is 0 Å². The number of urea groups is 1. The highest BCUT2D eigenvalue weighted by Gasteiger charge is 2.24. The molecule has 1 atom stereocenters. The summed E-state index contributed by atoms with van der Waals surface area (Å²) in [5.41, 5.74) is 1.97. The molecule has 0 unspecified atom stereocenters. The first-order valence-corrected chi connectivity index (χ1v) is 9.75. The van der Waals surface area contributed by atoms with Crippen molar-refractivity contribution < 1.29 is 9.53 Å². The maximum Gasteiger partial charge on any atom is 0.319 e. The van der Waals surface area contributed by atoms with Crippen LogP contribution in [0.1, 0.15) is 31.4 Å². The van der Waals surface area contributed by atoms with Gasteiger partial charge < -0.3 is 15.4 Å². The Morgan fingerprint density at radius 1 is 1.28 bits per heavy atom. The lowest BCUT2D eigenvalue weighted by Gasteiger charge is -2.27. The van der Waals surface area contributed by atoms with E-state index in [9.17, 15) is 4.79 Å². The molecule has 2 amide bonds. The van der Waals surface area contributed by atoms with Gasteiger partial charge in [-0.2, -0.15) is 11.3 Å². The first-order valence-electron chi connectivity index (χ1n) is 8.80. The van der Waals surface area contributed by atoms with Gasteiger partial charge in [0.25, 0.3) is 0 Å². The van der Waals surface area contributed by atoms with Crippen LogP contribution in [0.2, 0.25) is 0 Å². The molecule has 1 fully saturated rings. The van der Waals surface area contributed by atoms with E-state index in [0.29, 0.717) is 24.6 Å². The van der Waals surface area contributed by atoms with Crippen LogP contribution in [0.25, 0.3) is 0 Å². The van der Waals surface area contributed by atoms with E-state index in [-0.39, 0.29) is 12.1 Å². The molecule has 1 aliphatic rings. The Balaban J connectivity index is 1.60. The van der Waals surface area contributed by atoms with Crippen molar-refractivity contribution in [3.63, 3.8) is 0 Å². The zero-order chi connectivity index (χ0) is 17.5. The van der Waals surface area contributed by atoms with Gasteiger partial charge in [-0.1, -0.05) is 12.1 Å². The number of para-hydroxylation sites is 2. The van der Waals surface area contributed by atoms with Crippen LogP contribution < -0.4 is 15.4 Å². The van der Waals surface area contributed by atoms with Gasteiger partial charge in [-0.15, -0.1) is 0 Å². The van der Waals surface area contributed by atoms with Gasteiger partial charge >= 0.3 is 6.03 Å². The van der Waals surface area contributed by atoms with Gasteiger partial charge in [-0.3, -0.25) is 4.90 Å². The van der Waals surface area contributed by atoms with E-state index in [0.717, 1.165) is 13.1 Å². The molecule has 2 heterocycles. The van der Waals surface area contributed by atoms with E-state index in [2.05, 4.69) is 32.4 Å². The summed E-state index contributed by atoms with van der Waals surface area (Å²) < 4.78 is 5.55. The molecular weight excluding hydrogens is 334 g/mol. The van der Waals surface area contributed by atoms with Crippen LogP contribution in [0.15, 0.2) is 41.1 Å². The Kier molecular flexibility index (Phi) is 6.30. The fraction of sp³-hybridized carbons (Fsp3) is 0.421. The summed E-state index contributed by atoms with van der Waals surface area (Å²) >= 11 is 1.70. The Morgan fingerprint density at radius 3 is 2.80 bits per heavy atom. The number of hydrogen-bond donors (Lipinski definition) is 2. The molecule has 1 aliphatic heterocycles. The van der Waals surface area contributed by atoms with Crippen molar-refractivity contribution in [3.8, 4) is 5.75 Å². The minimum atomic E-state index is -0.202. The number of nitrogens with zero attached hydrogens (tertiary/aromatic N) is 1. The topological polar surface area (TPSA) is 53.6 Å². The first-order chi connectivity index (χ1) is 12.3. The van der Waals surface area contributed by atoms with Crippen molar-refractivity contribution in [2.45, 2.75) is 25.8 Å². The summed E-state index contributed by atoms with van der Waals surface area (Å²) in [7, 11) is 0. The highest BCUT2D eigenvalue weighted by molar-refractivity contribution is 7.07. The number of nitrogens with one attached hydrogen (secondary N) is 2. The number of ether oxygens (including phenoxy) is 1. The van der Waals surface area contributed by atoms with Crippen molar-refractivity contribution in [1.29, 1.82) is 0 Å². The summed E-state index contributed by atoms with van der Waals surface area (Å²) in [5, 5.41) is 10.2. The number of hydrogen-bond acceptors (Lipinski definition) is 4. The first kappa shape index (κ1) is 17.8. The largest absolute Gasteiger partial charge is 0.492 e. The second-order valence-corrected chi connectivity index (χ2v) is 6.86. The number of carbonyl (C=O) groups is 1. The average Bonchev–Trinajstić information content (AvgIpc) is 3.31. The average molecular weight is 359 g/mol. The number of anilines is 1. The van der Waals surface area contributed by atoms with E-state index in [1.807, 2.05) is 31.2 Å². The molecule has 0 bridgehead atoms. The molecule has 0 saturated carbocycles. The summed E-state index contributed by atoms with van der Waals surface area (Å²) in [6.07, 6.45) is 2.46. The third-order valence-corrected chi connectivity index (χ3v) is 5.10. The van der Waals surface area contributed by atoms with E-state index in [1.165, 1.54) is 18.4 Å². The Labute approximate surface area is 153 Å². The van der Waals surface area contributed by atoms with E-state index in [4.69, 9.17) is 4.74 Å². The number of likely N-dealkylation sites (tertiary alicyclic amines) is 1. The molecule has 0 spiro atoms. The predicted molar refractivity (Wildman–Crippen MR) is 102 cm³/mol. The van der Waals surface area contributed by atoms with Crippen LogP contribution in [0, 0.1) is 0 Å². The third-order valence-electron chi connectivity index (χ3n) is 4.40. The molecular formula is C19H25N3O2S. The molecule has 2 N–H and O–H groups in total. The van der Waals surface area contributed by atoms with Gasteiger partial charge in [-0.25, -0.2) is 4.79 Å². The van der Waals surface area contributed by atoms with Crippen molar-refractivity contribution in [2.24, 2.45) is 0 Å². The molecule has 2 aromatic rings. The molecule has 1 aromatic carbocycles. The minimum Gasteiger partial charge on any atom is -0.492 e. The Hall–Kier alpha value is -2.05. The van der Waals surface area contributed by atoms with Crippen LogP contribution in [-0.2, 0) is 0 Å². The summed E-state index contributed by atoms with van der Waals surface area (Å²) in [6, 6.07) is 9.68. The molecule has 5 nitrogen and oxygen atoms in total. The smallest absolute Gasteiger partial charge is 0.319 e. The fourth-order valence-corrected chi connectivity index (χ4v) is 3.89. The Bertz CT molecular complexity index is 669. The van der Waals surface area contributed by atoms with Gasteiger partial charge in [-0.05, 0) is 67.4 Å². The van der Waals surface area contributed by atoms with Crippen LogP contribution >= 0.6 is 11.3 Å². The molecule has 6 heteroatoms. The Morgan fingerprint density at radius 2 is 2.08 bits per heavy atom. The van der Waals surface area contributed by atoms with Gasteiger partial charge in [0.1, 0.15) is 5.75 Å². The van der Waals surface area contributed by atoms with Crippen LogP contribution in [0.5, 0.6) is 5.75 Å². The lowest BCUT2D eigenvalue weighted by molar-refractivity contribution is 0.228. The maximum atomic E-state index is 12.4. The zero-order valence-electron chi connectivity index (χ0n) is 14.5. The quantitative estimate of drug-likeness (QED) is 0.782. The lowest BCUT2D eigenvalue weighted by atomic mass is 10.1. The van der Waals surface area contributed by atoms with Crippen LogP contribution in [0.3, 0.4) is 0 Å². The second-order valence-electron chi connectivity index (χ2n) is 6.08. The standard InChI is InChI=1S/C19H25N3O2S/c1-2-24-18-8-4-3-7-16(18)21-19(23)20-13-17(15-9-12-25-14-15)22-10-5-6-11-22/h3-4,7-9,12,14,17H,2,5-6,10-11,13H2,1H3,(H2,20,21,23)/t17-/m1/s1. The van der Waals surface area contributed by atoms with Gasteiger partial charge in [0.2, 0.25) is 0 Å². The van der Waals surface area contributed by atoms with Gasteiger partial charge in [0, 0.05) is 6.54 Å². The van der Waals surface area contributed by atoms with Crippen molar-refractivity contribution in [1.82, 2.24) is 10.2 Å². The fourth-order valence-electron chi connectivity index (χ4n) is 3.18. The number of amides is 2. The maximum absolute atomic E-state index is 12.4. The van der Waals surface area contributed by atoms with Gasteiger partial charge in [0.05, 0.1) is 18.3 Å². The predicted octanol–water partition coefficient (Wildman–Crippen LogP) is 4.11. The molecule has 25 heavy (non-hydrogen) atoms. The molecule has 134 valence electrons. The van der Waals surface area contributed by atoms with E-state index < -0.39 is 0 Å². The molecule has 0 aliphatic carbocycles. The number of benzene rings is 1. The zero-order valence-corrected chi connectivity index (χ0v) is 15.3. The normalized spacial score (nSPS) is 15.7. The summed E-state index contributed by atoms with van der Waals surface area (Å²) in [5.74, 6) is 0.689. The van der Waals surface area contributed by atoms with Crippen molar-refractivity contribution >= 4 is 23.1 Å². The number of thiophene rings is 1. The molecule has 1 saturated heterocycles. The molecule has 3 rings (SSSR count). The summed E-state index contributed by atoms with van der Waals surface area (Å²) in [6.45, 7) is 5.28. The summed E-state index contributed by atoms with van der Waals surface area (Å²) in [4.78, 5) is 14.8. The van der Waals surface area contributed by atoms with E-state index in [1.54, 1.807) is 11.3 Å². The highest BCUT2D eigenvalue weighted by atomic mass is 32.1. The molecule has 0 radical (unpaired) electrons. The van der Waals surface area contributed by atoms with Crippen molar-refractivity contribution in [3.05, 3.63) is 46.7 Å². The monoisotopic (exact) mass is 359 g/mol. The van der Waals surface area contributed by atoms with Crippen LogP contribution in [-0.4, -0.2) is 37.2 Å². The van der Waals surface area contributed by atoms with Gasteiger partial charge in [0.15, 0.2) is 0 Å². The molecule has 1 aromatic heterocycles. The lowest BCUT2D eigenvalue weighted by Crippen LogP contribution is -2.38. The SMILES string of the molecule is CCOc1ccccc1NC(=O)NC[C@H](c1ccsc1)N1CCCC1. The second kappa shape index (κ2) is 8.87. The third kappa shape index (κ3) is 4.74. The number of carbonyl (C=O) groups excluding carboxylic acids is 1. The highest BCUT2D eigenvalue weighted by Crippen LogP contribution is 2.27. The minimum absolute atomic E-state index is 0.202. The number of rotatable bonds is 7.